The predicted octanol–water partition coefficient (Wildman–Crippen LogP) is 2.13. The number of aliphatic hydroxyl groups excluding tert-OH is 1. The molecule has 3 nitrogen and oxygen atoms in total. The Morgan fingerprint density at radius 2 is 2.27 bits per heavy atom. The van der Waals surface area contributed by atoms with E-state index < -0.39 is 0 Å². The highest BCUT2D eigenvalue weighted by atomic mass is 35.5. The SMILES string of the molecule is OCCCc1c(Cl)ccc2c1COCO2. The minimum atomic E-state index is 0.168. The van der Waals surface area contributed by atoms with Crippen molar-refractivity contribution in [3.8, 4) is 5.75 Å². The monoisotopic (exact) mass is 228 g/mol. The van der Waals surface area contributed by atoms with Gasteiger partial charge in [0, 0.05) is 17.2 Å². The van der Waals surface area contributed by atoms with Crippen molar-refractivity contribution < 1.29 is 14.6 Å². The fourth-order valence-corrected chi connectivity index (χ4v) is 1.98. The number of benzene rings is 1. The van der Waals surface area contributed by atoms with Crippen molar-refractivity contribution >= 4 is 11.6 Å². The van der Waals surface area contributed by atoms with Gasteiger partial charge in [-0.15, -0.1) is 0 Å². The molecule has 1 N–H and O–H groups in total. The van der Waals surface area contributed by atoms with Gasteiger partial charge in [0.15, 0.2) is 6.79 Å². The van der Waals surface area contributed by atoms with Gasteiger partial charge in [-0.3, -0.25) is 0 Å². The van der Waals surface area contributed by atoms with Crippen molar-refractivity contribution in [2.24, 2.45) is 0 Å². The first-order chi connectivity index (χ1) is 7.33. The van der Waals surface area contributed by atoms with Gasteiger partial charge in [0.1, 0.15) is 5.75 Å². The van der Waals surface area contributed by atoms with Crippen LogP contribution < -0.4 is 4.74 Å². The summed E-state index contributed by atoms with van der Waals surface area (Å²) in [4.78, 5) is 0. The maximum Gasteiger partial charge on any atom is 0.189 e. The van der Waals surface area contributed by atoms with Crippen LogP contribution in [0.15, 0.2) is 12.1 Å². The summed E-state index contributed by atoms with van der Waals surface area (Å²) in [6.45, 7) is 1.01. The summed E-state index contributed by atoms with van der Waals surface area (Å²) in [6, 6.07) is 3.70. The summed E-state index contributed by atoms with van der Waals surface area (Å²) < 4.78 is 10.6. The molecule has 1 aromatic carbocycles. The Labute approximate surface area is 93.6 Å². The van der Waals surface area contributed by atoms with Crippen molar-refractivity contribution in [1.29, 1.82) is 0 Å². The molecule has 1 aliphatic rings. The molecule has 82 valence electrons. The van der Waals surface area contributed by atoms with Gasteiger partial charge >= 0.3 is 0 Å². The van der Waals surface area contributed by atoms with E-state index in [9.17, 15) is 0 Å². The fourth-order valence-electron chi connectivity index (χ4n) is 1.71. The molecule has 0 unspecified atom stereocenters. The molecule has 15 heavy (non-hydrogen) atoms. The normalized spacial score (nSPS) is 14.5. The summed E-state index contributed by atoms with van der Waals surface area (Å²) in [6.07, 6.45) is 1.46. The topological polar surface area (TPSA) is 38.7 Å². The second kappa shape index (κ2) is 4.84. The molecule has 2 rings (SSSR count). The Kier molecular flexibility index (Phi) is 3.46. The Morgan fingerprint density at radius 1 is 1.40 bits per heavy atom. The van der Waals surface area contributed by atoms with Crippen LogP contribution in [-0.2, 0) is 17.8 Å². The van der Waals surface area contributed by atoms with Gasteiger partial charge in [-0.05, 0) is 30.5 Å². The third-order valence-corrected chi connectivity index (χ3v) is 2.81. The molecule has 0 radical (unpaired) electrons. The van der Waals surface area contributed by atoms with Crippen LogP contribution in [0.1, 0.15) is 17.5 Å². The molecule has 0 aliphatic carbocycles. The molecule has 1 aromatic rings. The highest BCUT2D eigenvalue weighted by Gasteiger charge is 2.16. The minimum Gasteiger partial charge on any atom is -0.467 e. The van der Waals surface area contributed by atoms with Crippen LogP contribution in [0, 0.1) is 0 Å². The van der Waals surface area contributed by atoms with E-state index in [-0.39, 0.29) is 6.61 Å². The largest absolute Gasteiger partial charge is 0.467 e. The van der Waals surface area contributed by atoms with E-state index in [0.29, 0.717) is 19.8 Å². The zero-order valence-electron chi connectivity index (χ0n) is 8.33. The molecule has 0 saturated heterocycles. The Hall–Kier alpha value is -0.770. The molecule has 1 heterocycles. The molecule has 0 fully saturated rings. The lowest BCUT2D eigenvalue weighted by Crippen LogP contribution is -2.13. The van der Waals surface area contributed by atoms with Gasteiger partial charge in [-0.2, -0.15) is 0 Å². The molecule has 4 heteroatoms. The van der Waals surface area contributed by atoms with Crippen molar-refractivity contribution in [3.63, 3.8) is 0 Å². The summed E-state index contributed by atoms with van der Waals surface area (Å²) in [5.41, 5.74) is 2.05. The van der Waals surface area contributed by atoms with E-state index in [1.807, 2.05) is 12.1 Å². The zero-order chi connectivity index (χ0) is 10.7. The zero-order valence-corrected chi connectivity index (χ0v) is 9.09. The van der Waals surface area contributed by atoms with E-state index in [2.05, 4.69) is 0 Å². The van der Waals surface area contributed by atoms with Crippen LogP contribution in [0.25, 0.3) is 0 Å². The molecule has 0 saturated carbocycles. The lowest BCUT2D eigenvalue weighted by molar-refractivity contribution is -0.0168. The lowest BCUT2D eigenvalue weighted by atomic mass is 10.0. The van der Waals surface area contributed by atoms with Gasteiger partial charge < -0.3 is 14.6 Å². The smallest absolute Gasteiger partial charge is 0.189 e. The summed E-state index contributed by atoms with van der Waals surface area (Å²) in [5, 5.41) is 9.54. The van der Waals surface area contributed by atoms with Crippen molar-refractivity contribution in [3.05, 3.63) is 28.3 Å². The first-order valence-corrected chi connectivity index (χ1v) is 5.32. The van der Waals surface area contributed by atoms with Crippen molar-refractivity contribution in [1.82, 2.24) is 0 Å². The van der Waals surface area contributed by atoms with Crippen LogP contribution in [0.4, 0.5) is 0 Å². The van der Waals surface area contributed by atoms with Crippen LogP contribution >= 0.6 is 11.6 Å². The quantitative estimate of drug-likeness (QED) is 0.862. The lowest BCUT2D eigenvalue weighted by Gasteiger charge is -2.21. The van der Waals surface area contributed by atoms with Crippen LogP contribution in [0.2, 0.25) is 5.02 Å². The van der Waals surface area contributed by atoms with Gasteiger partial charge in [0.25, 0.3) is 0 Å². The van der Waals surface area contributed by atoms with E-state index in [0.717, 1.165) is 28.3 Å². The number of hydrogen-bond acceptors (Lipinski definition) is 3. The predicted molar refractivity (Wildman–Crippen MR) is 57.1 cm³/mol. The number of halogens is 1. The van der Waals surface area contributed by atoms with Gasteiger partial charge in [-0.25, -0.2) is 0 Å². The average molecular weight is 229 g/mol. The summed E-state index contributed by atoms with van der Waals surface area (Å²) >= 11 is 6.10. The minimum absolute atomic E-state index is 0.168. The van der Waals surface area contributed by atoms with Crippen LogP contribution in [0.5, 0.6) is 5.75 Å². The Bertz CT molecular complexity index is 352. The van der Waals surface area contributed by atoms with Crippen molar-refractivity contribution in [2.45, 2.75) is 19.4 Å². The van der Waals surface area contributed by atoms with E-state index in [1.54, 1.807) is 0 Å². The molecule has 0 spiro atoms. The maximum atomic E-state index is 8.82. The fraction of sp³-hybridized carbons (Fsp3) is 0.455. The molecule has 0 atom stereocenters. The number of fused-ring (bicyclic) bond motifs is 1. The second-order valence-electron chi connectivity index (χ2n) is 3.44. The van der Waals surface area contributed by atoms with Gasteiger partial charge in [-0.1, -0.05) is 11.6 Å². The Morgan fingerprint density at radius 3 is 3.07 bits per heavy atom. The number of hydrogen-bond donors (Lipinski definition) is 1. The summed E-state index contributed by atoms with van der Waals surface area (Å²) in [7, 11) is 0. The van der Waals surface area contributed by atoms with E-state index in [4.69, 9.17) is 26.2 Å². The molecule has 0 bridgehead atoms. The molecule has 1 aliphatic heterocycles. The average Bonchev–Trinajstić information content (AvgIpc) is 2.28. The molecule has 0 aromatic heterocycles. The second-order valence-corrected chi connectivity index (χ2v) is 3.85. The first kappa shape index (κ1) is 10.7. The highest BCUT2D eigenvalue weighted by molar-refractivity contribution is 6.31. The molecular weight excluding hydrogens is 216 g/mol. The first-order valence-electron chi connectivity index (χ1n) is 4.94. The third-order valence-electron chi connectivity index (χ3n) is 2.46. The number of rotatable bonds is 3. The van der Waals surface area contributed by atoms with Crippen LogP contribution in [-0.4, -0.2) is 18.5 Å². The third kappa shape index (κ3) is 2.25. The number of ether oxygens (including phenoxy) is 2. The van der Waals surface area contributed by atoms with E-state index >= 15 is 0 Å². The highest BCUT2D eigenvalue weighted by Crippen LogP contribution is 2.32. The summed E-state index contributed by atoms with van der Waals surface area (Å²) in [5.74, 6) is 0.846. The number of aliphatic hydroxyl groups is 1. The van der Waals surface area contributed by atoms with Crippen molar-refractivity contribution in [2.75, 3.05) is 13.4 Å². The van der Waals surface area contributed by atoms with Gasteiger partial charge in [0.05, 0.1) is 6.61 Å². The van der Waals surface area contributed by atoms with Gasteiger partial charge in [0.2, 0.25) is 0 Å². The Balaban J connectivity index is 2.32. The standard InChI is InChI=1S/C11H13ClO3/c12-10-3-4-11-9(6-14-7-15-11)8(10)2-1-5-13/h3-4,13H,1-2,5-7H2. The molecular formula is C11H13ClO3. The van der Waals surface area contributed by atoms with Crippen LogP contribution in [0.3, 0.4) is 0 Å². The molecule has 0 amide bonds. The maximum absolute atomic E-state index is 8.82. The van der Waals surface area contributed by atoms with E-state index in [1.165, 1.54) is 0 Å².